The van der Waals surface area contributed by atoms with Crippen LogP contribution in [0.3, 0.4) is 0 Å². The van der Waals surface area contributed by atoms with Crippen molar-refractivity contribution in [2.75, 3.05) is 12.3 Å². The van der Waals surface area contributed by atoms with Gasteiger partial charge in [-0.1, -0.05) is 43.6 Å². The predicted molar refractivity (Wildman–Crippen MR) is 125 cm³/mol. The number of nitrogen functional groups attached to an aromatic ring is 1. The minimum Gasteiger partial charge on any atom is -0.489 e. The lowest BCUT2D eigenvalue weighted by molar-refractivity contribution is 0.125. The van der Waals surface area contributed by atoms with Gasteiger partial charge in [0.05, 0.1) is 11.0 Å². The molecule has 4 aromatic rings. The summed E-state index contributed by atoms with van der Waals surface area (Å²) in [7, 11) is 0. The van der Waals surface area contributed by atoms with Crippen LogP contribution in [0.15, 0.2) is 42.5 Å². The lowest BCUT2D eigenvalue weighted by Gasteiger charge is -2.14. The summed E-state index contributed by atoms with van der Waals surface area (Å²) >= 11 is 6.24. The Balaban J connectivity index is 1.76. The molecule has 4 rings (SSSR count). The second kappa shape index (κ2) is 9.12. The maximum atomic E-state index is 6.31. The molecule has 0 radical (unpaired) electrons. The molecule has 0 aliphatic rings. The summed E-state index contributed by atoms with van der Waals surface area (Å²) < 4.78 is 13.8. The van der Waals surface area contributed by atoms with E-state index in [4.69, 9.17) is 31.8 Å². The maximum Gasteiger partial charge on any atom is 0.152 e. The zero-order valence-corrected chi connectivity index (χ0v) is 18.8. The first-order chi connectivity index (χ1) is 15.0. The summed E-state index contributed by atoms with van der Waals surface area (Å²) in [6.45, 7) is 8.62. The van der Waals surface area contributed by atoms with E-state index in [1.165, 1.54) is 0 Å². The van der Waals surface area contributed by atoms with E-state index >= 15 is 0 Å². The monoisotopic (exact) mass is 438 g/mol. The summed E-state index contributed by atoms with van der Waals surface area (Å²) in [5.41, 5.74) is 9.72. The number of aromatic nitrogens is 3. The molecule has 2 N–H and O–H groups in total. The molecule has 2 aromatic heterocycles. The maximum absolute atomic E-state index is 6.31. The molecule has 7 heteroatoms. The molecule has 0 saturated carbocycles. The fraction of sp³-hybridized carbons (Fsp3) is 0.333. The Kier molecular flexibility index (Phi) is 6.30. The van der Waals surface area contributed by atoms with E-state index in [1.54, 1.807) is 0 Å². The number of nitrogens with zero attached hydrogens (tertiary/aromatic N) is 3. The fourth-order valence-electron chi connectivity index (χ4n) is 3.67. The van der Waals surface area contributed by atoms with E-state index in [2.05, 4.69) is 23.4 Å². The lowest BCUT2D eigenvalue weighted by atomic mass is 10.1. The molecule has 31 heavy (non-hydrogen) atoms. The highest BCUT2D eigenvalue weighted by Crippen LogP contribution is 2.32. The first-order valence-corrected chi connectivity index (χ1v) is 10.9. The second-order valence-electron chi connectivity index (χ2n) is 7.92. The molecule has 0 atom stereocenters. The average molecular weight is 439 g/mol. The van der Waals surface area contributed by atoms with Crippen LogP contribution < -0.4 is 10.5 Å². The summed E-state index contributed by atoms with van der Waals surface area (Å²) in [4.78, 5) is 9.37. The molecule has 0 unspecified atom stereocenters. The molecule has 0 bridgehead atoms. The third-order valence-corrected chi connectivity index (χ3v) is 5.46. The molecule has 2 heterocycles. The van der Waals surface area contributed by atoms with Crippen LogP contribution in [0.1, 0.15) is 32.2 Å². The topological polar surface area (TPSA) is 75.2 Å². The molecular weight excluding hydrogens is 412 g/mol. The zero-order chi connectivity index (χ0) is 22.0. The number of rotatable bonds is 8. The lowest BCUT2D eigenvalue weighted by Crippen LogP contribution is -2.10. The number of pyridine rings is 1. The van der Waals surface area contributed by atoms with E-state index < -0.39 is 0 Å². The van der Waals surface area contributed by atoms with Gasteiger partial charge in [0.25, 0.3) is 0 Å². The highest BCUT2D eigenvalue weighted by Gasteiger charge is 2.18. The molecule has 0 aliphatic carbocycles. The highest BCUT2D eigenvalue weighted by molar-refractivity contribution is 6.31. The SMILES string of the molecule is CCOCc1nc2c(N)nc3cc(OCc4ccccc4Cl)ccc3c2n1CC(C)C. The van der Waals surface area contributed by atoms with Crippen molar-refractivity contribution in [2.24, 2.45) is 5.92 Å². The number of benzene rings is 2. The standard InChI is InChI=1S/C24H27ClN4O2/c1-4-30-14-21-28-22-23(29(21)12-15(2)3)18-10-9-17(11-20(18)27-24(22)26)31-13-16-7-5-6-8-19(16)25/h5-11,15H,4,12-14H2,1-3H3,(H2,26,27). The van der Waals surface area contributed by atoms with Gasteiger partial charge in [0, 0.05) is 35.2 Å². The highest BCUT2D eigenvalue weighted by atomic mass is 35.5. The van der Waals surface area contributed by atoms with Gasteiger partial charge in [-0.2, -0.15) is 0 Å². The van der Waals surface area contributed by atoms with Gasteiger partial charge in [-0.25, -0.2) is 9.97 Å². The third-order valence-electron chi connectivity index (χ3n) is 5.09. The first kappa shape index (κ1) is 21.4. The van der Waals surface area contributed by atoms with Crippen molar-refractivity contribution in [2.45, 2.75) is 40.5 Å². The number of halogens is 1. The van der Waals surface area contributed by atoms with Crippen molar-refractivity contribution < 1.29 is 9.47 Å². The molecule has 0 amide bonds. The molecule has 0 aliphatic heterocycles. The summed E-state index contributed by atoms with van der Waals surface area (Å²) in [6, 6.07) is 13.5. The smallest absolute Gasteiger partial charge is 0.152 e. The number of ether oxygens (including phenoxy) is 2. The van der Waals surface area contributed by atoms with Crippen LogP contribution in [0.25, 0.3) is 21.9 Å². The van der Waals surface area contributed by atoms with Crippen LogP contribution in [0.2, 0.25) is 5.02 Å². The number of nitrogens with two attached hydrogens (primary N) is 1. The minimum atomic E-state index is 0.382. The zero-order valence-electron chi connectivity index (χ0n) is 18.1. The van der Waals surface area contributed by atoms with Crippen molar-refractivity contribution in [3.8, 4) is 5.75 Å². The Hall–Kier alpha value is -2.83. The van der Waals surface area contributed by atoms with Gasteiger partial charge in [0.2, 0.25) is 0 Å². The van der Waals surface area contributed by atoms with Crippen molar-refractivity contribution in [3.63, 3.8) is 0 Å². The van der Waals surface area contributed by atoms with E-state index in [-0.39, 0.29) is 0 Å². The van der Waals surface area contributed by atoms with E-state index in [0.29, 0.717) is 47.8 Å². The Labute approximate surface area is 187 Å². The summed E-state index contributed by atoms with van der Waals surface area (Å²) in [5.74, 6) is 2.43. The minimum absolute atomic E-state index is 0.382. The van der Waals surface area contributed by atoms with Crippen LogP contribution in [0.5, 0.6) is 5.75 Å². The largest absolute Gasteiger partial charge is 0.489 e. The third kappa shape index (κ3) is 4.45. The normalized spacial score (nSPS) is 11.6. The summed E-state index contributed by atoms with van der Waals surface area (Å²) in [5, 5.41) is 1.68. The van der Waals surface area contributed by atoms with Crippen molar-refractivity contribution in [3.05, 3.63) is 58.9 Å². The number of hydrogen-bond acceptors (Lipinski definition) is 5. The Morgan fingerprint density at radius 3 is 2.65 bits per heavy atom. The molecular formula is C24H27ClN4O2. The Morgan fingerprint density at radius 2 is 1.90 bits per heavy atom. The first-order valence-electron chi connectivity index (χ1n) is 10.5. The van der Waals surface area contributed by atoms with Gasteiger partial charge in [-0.3, -0.25) is 0 Å². The van der Waals surface area contributed by atoms with Gasteiger partial charge >= 0.3 is 0 Å². The molecule has 0 saturated heterocycles. The van der Waals surface area contributed by atoms with E-state index in [0.717, 1.165) is 34.4 Å². The molecule has 6 nitrogen and oxygen atoms in total. The number of anilines is 1. The Bertz CT molecular complexity index is 1220. The number of hydrogen-bond donors (Lipinski definition) is 1. The van der Waals surface area contributed by atoms with Gasteiger partial charge in [-0.05, 0) is 31.0 Å². The van der Waals surface area contributed by atoms with Crippen LogP contribution in [-0.4, -0.2) is 21.1 Å². The average Bonchev–Trinajstić information content (AvgIpc) is 3.10. The molecule has 2 aromatic carbocycles. The van der Waals surface area contributed by atoms with Crippen molar-refractivity contribution >= 4 is 39.4 Å². The predicted octanol–water partition coefficient (Wildman–Crippen LogP) is 5.59. The van der Waals surface area contributed by atoms with E-state index in [1.807, 2.05) is 49.4 Å². The van der Waals surface area contributed by atoms with Crippen LogP contribution in [0.4, 0.5) is 5.82 Å². The van der Waals surface area contributed by atoms with Gasteiger partial charge in [-0.15, -0.1) is 0 Å². The van der Waals surface area contributed by atoms with Crippen LogP contribution in [0, 0.1) is 5.92 Å². The quantitative estimate of drug-likeness (QED) is 0.388. The molecule has 0 fully saturated rings. The van der Waals surface area contributed by atoms with Crippen molar-refractivity contribution in [1.82, 2.24) is 14.5 Å². The van der Waals surface area contributed by atoms with Crippen LogP contribution >= 0.6 is 11.6 Å². The molecule has 162 valence electrons. The number of imidazole rings is 1. The molecule has 0 spiro atoms. The fourth-order valence-corrected chi connectivity index (χ4v) is 3.86. The van der Waals surface area contributed by atoms with Gasteiger partial charge < -0.3 is 19.8 Å². The number of fused-ring (bicyclic) bond motifs is 3. The second-order valence-corrected chi connectivity index (χ2v) is 8.33. The van der Waals surface area contributed by atoms with E-state index in [9.17, 15) is 0 Å². The van der Waals surface area contributed by atoms with Crippen LogP contribution in [-0.2, 0) is 24.5 Å². The Morgan fingerprint density at radius 1 is 1.10 bits per heavy atom. The van der Waals surface area contributed by atoms with Gasteiger partial charge in [0.1, 0.15) is 30.3 Å². The van der Waals surface area contributed by atoms with Crippen molar-refractivity contribution in [1.29, 1.82) is 0 Å². The van der Waals surface area contributed by atoms with Gasteiger partial charge in [0.15, 0.2) is 5.82 Å². The summed E-state index contributed by atoms with van der Waals surface area (Å²) in [6.07, 6.45) is 0.